The van der Waals surface area contributed by atoms with Crippen LogP contribution in [0.1, 0.15) is 38.1 Å². The normalized spacial score (nSPS) is 11.0. The van der Waals surface area contributed by atoms with E-state index < -0.39 is 17.6 Å². The average Bonchev–Trinajstić information content (AvgIpc) is 2.41. The van der Waals surface area contributed by atoms with Gasteiger partial charge < -0.3 is 20.1 Å². The lowest BCUT2D eigenvalue weighted by Gasteiger charge is -2.26. The molecular weight excluding hydrogens is 364 g/mol. The van der Waals surface area contributed by atoms with Crippen LogP contribution in [0, 0.1) is 0 Å². The fourth-order valence-electron chi connectivity index (χ4n) is 1.80. The molecule has 0 aromatic heterocycles. The van der Waals surface area contributed by atoms with E-state index in [2.05, 4.69) is 21.2 Å². The van der Waals surface area contributed by atoms with E-state index in [-0.39, 0.29) is 17.9 Å². The molecule has 0 aliphatic rings. The topological polar surface area (TPSA) is 78.9 Å². The smallest absolute Gasteiger partial charge is 0.410 e. The van der Waals surface area contributed by atoms with Gasteiger partial charge in [0.25, 0.3) is 5.91 Å². The van der Waals surface area contributed by atoms with E-state index in [4.69, 9.17) is 4.74 Å². The summed E-state index contributed by atoms with van der Waals surface area (Å²) in [6.45, 7) is 8.32. The van der Waals surface area contributed by atoms with E-state index in [0.717, 1.165) is 0 Å². The lowest BCUT2D eigenvalue weighted by Crippen LogP contribution is -2.41. The lowest BCUT2D eigenvalue weighted by atomic mass is 10.2. The molecule has 0 bridgehead atoms. The number of amides is 2. The molecule has 23 heavy (non-hydrogen) atoms. The highest BCUT2D eigenvalue weighted by Gasteiger charge is 2.21. The molecule has 1 aromatic rings. The molecule has 128 valence electrons. The number of nitrogens with one attached hydrogen (secondary N) is 1. The number of hydrogen-bond acceptors (Lipinski definition) is 4. The maximum atomic E-state index is 12.0. The third-order valence-corrected chi connectivity index (χ3v) is 3.40. The van der Waals surface area contributed by atoms with Gasteiger partial charge in [0.15, 0.2) is 0 Å². The molecule has 0 saturated carbocycles. The monoisotopic (exact) mass is 386 g/mol. The molecule has 2 N–H and O–H groups in total. The first-order valence-corrected chi connectivity index (χ1v) is 8.18. The number of benzene rings is 1. The van der Waals surface area contributed by atoms with Gasteiger partial charge in [-0.2, -0.15) is 0 Å². The summed E-state index contributed by atoms with van der Waals surface area (Å²) in [5.41, 5.74) is -0.370. The number of aromatic hydroxyl groups is 1. The van der Waals surface area contributed by atoms with Gasteiger partial charge in [-0.1, -0.05) is 15.9 Å². The molecule has 7 heteroatoms. The summed E-state index contributed by atoms with van der Waals surface area (Å²) < 4.78 is 5.98. The number of carbonyl (C=O) groups excluding carboxylic acids is 2. The Morgan fingerprint density at radius 3 is 2.52 bits per heavy atom. The van der Waals surface area contributed by atoms with Gasteiger partial charge in [0.1, 0.15) is 11.4 Å². The predicted molar refractivity (Wildman–Crippen MR) is 91.6 cm³/mol. The third-order valence-electron chi connectivity index (χ3n) is 2.91. The lowest BCUT2D eigenvalue weighted by molar-refractivity contribution is 0.0260. The molecule has 0 aliphatic carbocycles. The van der Waals surface area contributed by atoms with Gasteiger partial charge in [-0.25, -0.2) is 4.79 Å². The summed E-state index contributed by atoms with van der Waals surface area (Å²) in [6, 6.07) is 4.65. The van der Waals surface area contributed by atoms with Gasteiger partial charge in [0.2, 0.25) is 0 Å². The van der Waals surface area contributed by atoms with Gasteiger partial charge in [-0.15, -0.1) is 0 Å². The minimum atomic E-state index is -0.559. The zero-order valence-electron chi connectivity index (χ0n) is 13.9. The second kappa shape index (κ2) is 8.19. The van der Waals surface area contributed by atoms with Crippen LogP contribution < -0.4 is 5.32 Å². The summed E-state index contributed by atoms with van der Waals surface area (Å²) >= 11 is 3.22. The van der Waals surface area contributed by atoms with Crippen molar-refractivity contribution in [2.75, 3.05) is 19.6 Å². The Labute approximate surface area is 144 Å². The summed E-state index contributed by atoms with van der Waals surface area (Å²) in [7, 11) is 0. The Bertz CT molecular complexity index is 570. The number of phenols is 1. The fraction of sp³-hybridized carbons (Fsp3) is 0.500. The molecule has 0 unspecified atom stereocenters. The van der Waals surface area contributed by atoms with Crippen molar-refractivity contribution >= 4 is 27.9 Å². The van der Waals surface area contributed by atoms with Crippen LogP contribution in [-0.4, -0.2) is 47.2 Å². The number of halogens is 1. The maximum absolute atomic E-state index is 12.0. The van der Waals surface area contributed by atoms with Crippen LogP contribution >= 0.6 is 15.9 Å². The molecule has 0 heterocycles. The standard InChI is InChI=1S/C16H23BrN2O4/c1-5-19(15(22)23-16(2,3)4)9-8-18-14(21)12-7-6-11(17)10-13(12)20/h6-7,10,20H,5,8-9H2,1-4H3,(H,18,21). The van der Waals surface area contributed by atoms with E-state index in [9.17, 15) is 14.7 Å². The van der Waals surface area contributed by atoms with Gasteiger partial charge in [-0.05, 0) is 45.9 Å². The molecule has 6 nitrogen and oxygen atoms in total. The van der Waals surface area contributed by atoms with E-state index in [0.29, 0.717) is 17.6 Å². The van der Waals surface area contributed by atoms with Crippen LogP contribution in [0.3, 0.4) is 0 Å². The molecule has 0 spiro atoms. The number of phenolic OH excluding ortho intramolecular Hbond substituents is 1. The zero-order valence-corrected chi connectivity index (χ0v) is 15.4. The van der Waals surface area contributed by atoms with Crippen molar-refractivity contribution in [3.8, 4) is 5.75 Å². The second-order valence-electron chi connectivity index (χ2n) is 5.98. The minimum absolute atomic E-state index is 0.101. The number of rotatable bonds is 5. The Balaban J connectivity index is 2.54. The number of nitrogens with zero attached hydrogens (tertiary/aromatic N) is 1. The highest BCUT2D eigenvalue weighted by molar-refractivity contribution is 9.10. The van der Waals surface area contributed by atoms with Crippen molar-refractivity contribution in [3.05, 3.63) is 28.2 Å². The van der Waals surface area contributed by atoms with Crippen LogP contribution in [0.15, 0.2) is 22.7 Å². The van der Waals surface area contributed by atoms with Crippen LogP contribution in [-0.2, 0) is 4.74 Å². The van der Waals surface area contributed by atoms with E-state index in [1.54, 1.807) is 26.8 Å². The van der Waals surface area contributed by atoms with Crippen LogP contribution in [0.4, 0.5) is 4.79 Å². The van der Waals surface area contributed by atoms with E-state index in [1.807, 2.05) is 6.92 Å². The molecule has 0 fully saturated rings. The van der Waals surface area contributed by atoms with Gasteiger partial charge >= 0.3 is 6.09 Å². The van der Waals surface area contributed by atoms with Gasteiger partial charge in [-0.3, -0.25) is 4.79 Å². The molecule has 0 radical (unpaired) electrons. The minimum Gasteiger partial charge on any atom is -0.507 e. The fourth-order valence-corrected chi connectivity index (χ4v) is 2.15. The van der Waals surface area contributed by atoms with E-state index in [1.165, 1.54) is 17.0 Å². The largest absolute Gasteiger partial charge is 0.507 e. The third kappa shape index (κ3) is 6.48. The molecule has 2 amide bonds. The molecule has 1 aromatic carbocycles. The predicted octanol–water partition coefficient (Wildman–Crippen LogP) is 3.14. The number of ether oxygens (including phenoxy) is 1. The average molecular weight is 387 g/mol. The highest BCUT2D eigenvalue weighted by atomic mass is 79.9. The van der Waals surface area contributed by atoms with Crippen molar-refractivity contribution in [1.82, 2.24) is 10.2 Å². The Hall–Kier alpha value is -1.76. The quantitative estimate of drug-likeness (QED) is 0.814. The SMILES string of the molecule is CCN(CCNC(=O)c1ccc(Br)cc1O)C(=O)OC(C)(C)C. The van der Waals surface area contributed by atoms with Gasteiger partial charge in [0.05, 0.1) is 5.56 Å². The van der Waals surface area contributed by atoms with Gasteiger partial charge in [0, 0.05) is 24.1 Å². The Morgan fingerprint density at radius 1 is 1.35 bits per heavy atom. The summed E-state index contributed by atoms with van der Waals surface area (Å²) in [5.74, 6) is -0.494. The summed E-state index contributed by atoms with van der Waals surface area (Å²) in [5, 5.41) is 12.4. The first kappa shape index (κ1) is 19.3. The number of carbonyl (C=O) groups is 2. The second-order valence-corrected chi connectivity index (χ2v) is 6.89. The molecular formula is C16H23BrN2O4. The molecule has 0 saturated heterocycles. The van der Waals surface area contributed by atoms with Crippen LogP contribution in [0.2, 0.25) is 0 Å². The maximum Gasteiger partial charge on any atom is 0.410 e. The van der Waals surface area contributed by atoms with Crippen LogP contribution in [0.25, 0.3) is 0 Å². The number of likely N-dealkylation sites (N-methyl/N-ethyl adjacent to an activating group) is 1. The van der Waals surface area contributed by atoms with E-state index >= 15 is 0 Å². The van der Waals surface area contributed by atoms with Crippen molar-refractivity contribution < 1.29 is 19.4 Å². The van der Waals surface area contributed by atoms with Crippen LogP contribution in [0.5, 0.6) is 5.75 Å². The molecule has 0 aliphatic heterocycles. The van der Waals surface area contributed by atoms with Crippen molar-refractivity contribution in [2.24, 2.45) is 0 Å². The summed E-state index contributed by atoms with van der Waals surface area (Å²) in [4.78, 5) is 25.5. The molecule has 1 rings (SSSR count). The first-order chi connectivity index (χ1) is 10.6. The first-order valence-electron chi connectivity index (χ1n) is 7.38. The van der Waals surface area contributed by atoms with Crippen molar-refractivity contribution in [1.29, 1.82) is 0 Å². The Morgan fingerprint density at radius 2 is 2.00 bits per heavy atom. The Kier molecular flexibility index (Phi) is 6.87. The summed E-state index contributed by atoms with van der Waals surface area (Å²) in [6.07, 6.45) is -0.416. The highest BCUT2D eigenvalue weighted by Crippen LogP contribution is 2.22. The van der Waals surface area contributed by atoms with Crippen molar-refractivity contribution in [2.45, 2.75) is 33.3 Å². The zero-order chi connectivity index (χ0) is 17.6. The molecule has 0 atom stereocenters. The van der Waals surface area contributed by atoms with Crippen molar-refractivity contribution in [3.63, 3.8) is 0 Å². The number of hydrogen-bond donors (Lipinski definition) is 2.